The molecule has 0 spiro atoms. The van der Waals surface area contributed by atoms with E-state index in [9.17, 15) is 9.90 Å². The monoisotopic (exact) mass is 339 g/mol. The quantitative estimate of drug-likeness (QED) is 0.934. The van der Waals surface area contributed by atoms with Crippen molar-refractivity contribution in [3.05, 3.63) is 46.6 Å². The minimum Gasteiger partial charge on any atom is -0.506 e. The van der Waals surface area contributed by atoms with Gasteiger partial charge in [0.05, 0.1) is 6.20 Å². The summed E-state index contributed by atoms with van der Waals surface area (Å²) >= 11 is 0. The van der Waals surface area contributed by atoms with Gasteiger partial charge in [-0.1, -0.05) is 13.8 Å². The molecule has 0 radical (unpaired) electrons. The fourth-order valence-electron chi connectivity index (χ4n) is 4.48. The first-order chi connectivity index (χ1) is 12.0. The summed E-state index contributed by atoms with van der Waals surface area (Å²) in [5.41, 5.74) is 2.83. The van der Waals surface area contributed by atoms with E-state index in [2.05, 4.69) is 29.8 Å². The number of aromatic nitrogens is 2. The Labute approximate surface area is 147 Å². The molecule has 0 aromatic carbocycles. The molecule has 5 heteroatoms. The average molecular weight is 339 g/mol. The molecule has 0 aliphatic carbocycles. The first kappa shape index (κ1) is 16.3. The lowest BCUT2D eigenvalue weighted by Gasteiger charge is -2.43. The van der Waals surface area contributed by atoms with Gasteiger partial charge in [-0.2, -0.15) is 0 Å². The molecule has 2 atom stereocenters. The van der Waals surface area contributed by atoms with Crippen molar-refractivity contribution in [2.75, 3.05) is 19.6 Å². The Morgan fingerprint density at radius 3 is 2.76 bits per heavy atom. The lowest BCUT2D eigenvalue weighted by molar-refractivity contribution is 0.109. The van der Waals surface area contributed by atoms with Gasteiger partial charge in [0.2, 0.25) is 0 Å². The second-order valence-corrected chi connectivity index (χ2v) is 7.96. The summed E-state index contributed by atoms with van der Waals surface area (Å²) in [4.78, 5) is 19.3. The lowest BCUT2D eigenvalue weighted by atomic mass is 9.82. The van der Waals surface area contributed by atoms with Crippen LogP contribution in [0.25, 0.3) is 11.1 Å². The van der Waals surface area contributed by atoms with Crippen LogP contribution in [0.2, 0.25) is 0 Å². The zero-order valence-electron chi connectivity index (χ0n) is 14.9. The number of piperidine rings is 1. The minimum absolute atomic E-state index is 0.0582. The van der Waals surface area contributed by atoms with Gasteiger partial charge in [-0.05, 0) is 36.0 Å². The summed E-state index contributed by atoms with van der Waals surface area (Å²) in [7, 11) is 0. The Balaban J connectivity index is 1.72. The molecule has 2 aromatic rings. The van der Waals surface area contributed by atoms with E-state index in [1.807, 2.05) is 4.57 Å². The van der Waals surface area contributed by atoms with Crippen LogP contribution in [0.15, 0.2) is 35.4 Å². The van der Waals surface area contributed by atoms with Gasteiger partial charge in [-0.15, -0.1) is 0 Å². The fourth-order valence-corrected chi connectivity index (χ4v) is 4.48. The molecule has 2 bridgehead atoms. The van der Waals surface area contributed by atoms with Crippen LogP contribution < -0.4 is 5.56 Å². The molecule has 1 N–H and O–H groups in total. The Bertz CT molecular complexity index is 843. The topological polar surface area (TPSA) is 58.4 Å². The van der Waals surface area contributed by atoms with Crippen molar-refractivity contribution in [3.8, 4) is 16.9 Å². The highest BCUT2D eigenvalue weighted by atomic mass is 16.3. The summed E-state index contributed by atoms with van der Waals surface area (Å²) in [5, 5.41) is 9.69. The Morgan fingerprint density at radius 2 is 2.00 bits per heavy atom. The number of rotatable bonds is 3. The molecule has 2 aliphatic heterocycles. The molecule has 1 saturated heterocycles. The molecule has 25 heavy (non-hydrogen) atoms. The zero-order valence-corrected chi connectivity index (χ0v) is 14.9. The second kappa shape index (κ2) is 6.30. The first-order valence-corrected chi connectivity index (χ1v) is 9.11. The standard InChI is InChI=1S/C20H25N3O2/c1-13(2)9-22-10-14-3-17(12-22)19-5-15(6-20(25)23(19)11-14)16-4-18(24)8-21-7-16/h4-8,13-14,17,24H,3,9-12H2,1-2H3/t14-,17+/m0/s1. The summed E-state index contributed by atoms with van der Waals surface area (Å²) < 4.78 is 1.96. The van der Waals surface area contributed by atoms with Gasteiger partial charge < -0.3 is 14.6 Å². The molecule has 132 valence electrons. The van der Waals surface area contributed by atoms with Gasteiger partial charge in [0.15, 0.2) is 0 Å². The highest BCUT2D eigenvalue weighted by Gasteiger charge is 2.34. The lowest BCUT2D eigenvalue weighted by Crippen LogP contribution is -2.48. The van der Waals surface area contributed by atoms with Crippen LogP contribution in [-0.2, 0) is 6.54 Å². The van der Waals surface area contributed by atoms with Crippen molar-refractivity contribution in [2.45, 2.75) is 32.7 Å². The van der Waals surface area contributed by atoms with Crippen LogP contribution in [0.5, 0.6) is 5.75 Å². The van der Waals surface area contributed by atoms with Crippen LogP contribution in [0.4, 0.5) is 0 Å². The number of pyridine rings is 2. The Kier molecular flexibility index (Phi) is 4.12. The zero-order chi connectivity index (χ0) is 17.6. The van der Waals surface area contributed by atoms with Gasteiger partial charge >= 0.3 is 0 Å². The van der Waals surface area contributed by atoms with Crippen LogP contribution in [0.1, 0.15) is 31.9 Å². The second-order valence-electron chi connectivity index (χ2n) is 7.96. The predicted molar refractivity (Wildman–Crippen MR) is 97.7 cm³/mol. The van der Waals surface area contributed by atoms with Crippen LogP contribution >= 0.6 is 0 Å². The normalized spacial score (nSPS) is 22.8. The highest BCUT2D eigenvalue weighted by Crippen LogP contribution is 2.36. The van der Waals surface area contributed by atoms with Crippen molar-refractivity contribution in [1.82, 2.24) is 14.5 Å². The van der Waals surface area contributed by atoms with Gasteiger partial charge in [0, 0.05) is 55.6 Å². The van der Waals surface area contributed by atoms with Gasteiger partial charge in [0.1, 0.15) is 5.75 Å². The van der Waals surface area contributed by atoms with Crippen LogP contribution in [0, 0.1) is 11.8 Å². The number of aromatic hydroxyl groups is 1. The molecule has 2 aliphatic rings. The van der Waals surface area contributed by atoms with E-state index in [1.165, 1.54) is 6.20 Å². The molecule has 1 fully saturated rings. The van der Waals surface area contributed by atoms with E-state index in [1.54, 1.807) is 18.3 Å². The smallest absolute Gasteiger partial charge is 0.251 e. The minimum atomic E-state index is 0.0582. The number of hydrogen-bond acceptors (Lipinski definition) is 4. The van der Waals surface area contributed by atoms with E-state index in [-0.39, 0.29) is 11.3 Å². The van der Waals surface area contributed by atoms with Crippen molar-refractivity contribution in [2.24, 2.45) is 11.8 Å². The fraction of sp³-hybridized carbons (Fsp3) is 0.500. The van der Waals surface area contributed by atoms with Crippen molar-refractivity contribution in [1.29, 1.82) is 0 Å². The van der Waals surface area contributed by atoms with E-state index in [0.717, 1.165) is 49.4 Å². The van der Waals surface area contributed by atoms with Crippen molar-refractivity contribution >= 4 is 0 Å². The Hall–Kier alpha value is -2.14. The molecule has 0 amide bonds. The van der Waals surface area contributed by atoms with E-state index in [4.69, 9.17) is 0 Å². The summed E-state index contributed by atoms with van der Waals surface area (Å²) in [6.07, 6.45) is 4.27. The maximum absolute atomic E-state index is 12.7. The molecular weight excluding hydrogens is 314 g/mol. The molecule has 0 unspecified atom stereocenters. The number of likely N-dealkylation sites (tertiary alicyclic amines) is 1. The molecular formula is C20H25N3O2. The number of hydrogen-bond donors (Lipinski definition) is 1. The third kappa shape index (κ3) is 3.21. The predicted octanol–water partition coefficient (Wildman–Crippen LogP) is 2.69. The van der Waals surface area contributed by atoms with Crippen molar-refractivity contribution < 1.29 is 5.11 Å². The van der Waals surface area contributed by atoms with Gasteiger partial charge in [0.25, 0.3) is 5.56 Å². The average Bonchev–Trinajstić information content (AvgIpc) is 2.55. The first-order valence-electron chi connectivity index (χ1n) is 9.11. The van der Waals surface area contributed by atoms with Crippen LogP contribution in [-0.4, -0.2) is 39.2 Å². The number of fused-ring (bicyclic) bond motifs is 4. The van der Waals surface area contributed by atoms with Gasteiger partial charge in [-0.25, -0.2) is 0 Å². The molecule has 4 heterocycles. The van der Waals surface area contributed by atoms with Crippen LogP contribution in [0.3, 0.4) is 0 Å². The molecule has 0 saturated carbocycles. The Morgan fingerprint density at radius 1 is 1.16 bits per heavy atom. The van der Waals surface area contributed by atoms with Gasteiger partial charge in [-0.3, -0.25) is 9.78 Å². The third-order valence-corrected chi connectivity index (χ3v) is 5.31. The highest BCUT2D eigenvalue weighted by molar-refractivity contribution is 5.64. The summed E-state index contributed by atoms with van der Waals surface area (Å²) in [5.74, 6) is 1.75. The maximum Gasteiger partial charge on any atom is 0.251 e. The third-order valence-electron chi connectivity index (χ3n) is 5.31. The molecule has 2 aromatic heterocycles. The summed E-state index contributed by atoms with van der Waals surface area (Å²) in [6, 6.07) is 5.46. The SMILES string of the molecule is CC(C)CN1C[C@@H]2C[C@H](C1)c1cc(-c3cncc(O)c3)cc(=O)n1C2. The van der Waals surface area contributed by atoms with E-state index in [0.29, 0.717) is 17.8 Å². The van der Waals surface area contributed by atoms with Crippen molar-refractivity contribution in [3.63, 3.8) is 0 Å². The largest absolute Gasteiger partial charge is 0.506 e. The summed E-state index contributed by atoms with van der Waals surface area (Å²) in [6.45, 7) is 8.57. The molecule has 5 nitrogen and oxygen atoms in total. The van der Waals surface area contributed by atoms with E-state index >= 15 is 0 Å². The molecule has 4 rings (SSSR count). The van der Waals surface area contributed by atoms with E-state index < -0.39 is 0 Å². The maximum atomic E-state index is 12.7. The number of nitrogens with zero attached hydrogens (tertiary/aromatic N) is 3.